The fourth-order valence-electron chi connectivity index (χ4n) is 6.45. The number of hydrogen-bond donors (Lipinski definition) is 1. The predicted molar refractivity (Wildman–Crippen MR) is 95.0 cm³/mol. The molecule has 2 amide bonds. The molecule has 4 bridgehead atoms. The lowest BCUT2D eigenvalue weighted by atomic mass is 9.49. The first-order valence-corrected chi connectivity index (χ1v) is 10.2. The number of hydrogen-bond acceptors (Lipinski definition) is 4. The molecule has 4 aliphatic carbocycles. The Kier molecular flexibility index (Phi) is 4.70. The molecular weight excluding hydrogens is 332 g/mol. The van der Waals surface area contributed by atoms with E-state index in [1.807, 2.05) is 4.90 Å². The number of ether oxygens (including phenoxy) is 1. The van der Waals surface area contributed by atoms with Crippen molar-refractivity contribution < 1.29 is 19.1 Å². The molecular formula is C20H30N2O4. The van der Waals surface area contributed by atoms with Crippen LogP contribution in [-0.4, -0.2) is 48.4 Å². The summed E-state index contributed by atoms with van der Waals surface area (Å²) in [5.74, 6) is 1.70. The van der Waals surface area contributed by atoms with E-state index in [1.54, 1.807) is 6.92 Å². The molecule has 0 radical (unpaired) electrons. The molecule has 0 aromatic carbocycles. The van der Waals surface area contributed by atoms with Gasteiger partial charge in [0.15, 0.2) is 0 Å². The maximum Gasteiger partial charge on any atom is 0.325 e. The number of esters is 1. The maximum absolute atomic E-state index is 13.5. The van der Waals surface area contributed by atoms with Gasteiger partial charge in [0.05, 0.1) is 12.0 Å². The molecule has 1 saturated heterocycles. The van der Waals surface area contributed by atoms with Gasteiger partial charge in [0.1, 0.15) is 12.6 Å². The number of carbonyl (C=O) groups is 3. The van der Waals surface area contributed by atoms with Gasteiger partial charge in [-0.1, -0.05) is 0 Å². The normalized spacial score (nSPS) is 37.7. The number of likely N-dealkylation sites (tertiary alicyclic amines) is 1. The summed E-state index contributed by atoms with van der Waals surface area (Å²) in [6.07, 6.45) is 8.51. The molecule has 4 saturated carbocycles. The van der Waals surface area contributed by atoms with Gasteiger partial charge in [-0.15, -0.1) is 0 Å². The standard InChI is InChI=1S/C20H30N2O4/c1-2-26-17(23)12-21-18(24)16-4-3-5-22(16)19(25)20-9-13-6-14(10-20)8-15(7-13)11-20/h13-16H,2-12H2,1H3,(H,21,24)/t13?,14?,15?,16-,20?/m0/s1. The monoisotopic (exact) mass is 362 g/mol. The number of nitrogens with one attached hydrogen (secondary N) is 1. The van der Waals surface area contributed by atoms with E-state index in [1.165, 1.54) is 19.3 Å². The zero-order valence-electron chi connectivity index (χ0n) is 15.7. The minimum absolute atomic E-state index is 0.122. The second kappa shape index (κ2) is 6.86. The minimum atomic E-state index is -0.433. The van der Waals surface area contributed by atoms with Crippen molar-refractivity contribution in [3.05, 3.63) is 0 Å². The van der Waals surface area contributed by atoms with Crippen molar-refractivity contribution in [2.75, 3.05) is 19.7 Å². The number of amides is 2. The zero-order chi connectivity index (χ0) is 18.3. The van der Waals surface area contributed by atoms with Gasteiger partial charge in [0.2, 0.25) is 11.8 Å². The van der Waals surface area contributed by atoms with E-state index in [0.29, 0.717) is 37.3 Å². The smallest absolute Gasteiger partial charge is 0.325 e. The van der Waals surface area contributed by atoms with Crippen LogP contribution in [0.1, 0.15) is 58.3 Å². The Morgan fingerprint density at radius 2 is 1.69 bits per heavy atom. The fourth-order valence-corrected chi connectivity index (χ4v) is 6.45. The van der Waals surface area contributed by atoms with Gasteiger partial charge in [-0.25, -0.2) is 0 Å². The van der Waals surface area contributed by atoms with Crippen LogP contribution in [0.5, 0.6) is 0 Å². The van der Waals surface area contributed by atoms with Gasteiger partial charge >= 0.3 is 5.97 Å². The Morgan fingerprint density at radius 3 is 2.27 bits per heavy atom. The van der Waals surface area contributed by atoms with Crippen molar-refractivity contribution in [1.29, 1.82) is 0 Å². The molecule has 144 valence electrons. The molecule has 6 heteroatoms. The number of carbonyl (C=O) groups excluding carboxylic acids is 3. The summed E-state index contributed by atoms with van der Waals surface area (Å²) in [4.78, 5) is 39.4. The lowest BCUT2D eigenvalue weighted by Crippen LogP contribution is -2.57. The van der Waals surface area contributed by atoms with E-state index in [4.69, 9.17) is 4.74 Å². The molecule has 6 nitrogen and oxygen atoms in total. The van der Waals surface area contributed by atoms with Gasteiger partial charge < -0.3 is 15.0 Å². The molecule has 5 aliphatic rings. The van der Waals surface area contributed by atoms with E-state index < -0.39 is 12.0 Å². The zero-order valence-corrected chi connectivity index (χ0v) is 15.7. The molecule has 5 fully saturated rings. The summed E-state index contributed by atoms with van der Waals surface area (Å²) in [6, 6.07) is -0.426. The molecule has 1 heterocycles. The van der Waals surface area contributed by atoms with Crippen LogP contribution in [0.25, 0.3) is 0 Å². The first kappa shape index (κ1) is 17.8. The third-order valence-corrected chi connectivity index (χ3v) is 7.02. The van der Waals surface area contributed by atoms with Gasteiger partial charge in [0.25, 0.3) is 0 Å². The largest absolute Gasteiger partial charge is 0.465 e. The van der Waals surface area contributed by atoms with Crippen LogP contribution in [0.3, 0.4) is 0 Å². The lowest BCUT2D eigenvalue weighted by molar-refractivity contribution is -0.160. The second-order valence-electron chi connectivity index (χ2n) is 8.88. The quantitative estimate of drug-likeness (QED) is 0.758. The Labute approximate surface area is 155 Å². The highest BCUT2D eigenvalue weighted by Crippen LogP contribution is 2.60. The summed E-state index contributed by atoms with van der Waals surface area (Å²) in [5.41, 5.74) is -0.210. The third-order valence-electron chi connectivity index (χ3n) is 7.02. The minimum Gasteiger partial charge on any atom is -0.465 e. The fraction of sp³-hybridized carbons (Fsp3) is 0.850. The van der Waals surface area contributed by atoms with Crippen molar-refractivity contribution in [1.82, 2.24) is 10.2 Å². The molecule has 0 spiro atoms. The highest BCUT2D eigenvalue weighted by Gasteiger charge is 2.56. The SMILES string of the molecule is CCOC(=O)CNC(=O)[C@@H]1CCCN1C(=O)C12CC3CC(CC(C3)C1)C2. The molecule has 0 unspecified atom stereocenters. The second-order valence-corrected chi connectivity index (χ2v) is 8.88. The Bertz CT molecular complexity index is 567. The average molecular weight is 362 g/mol. The molecule has 1 atom stereocenters. The Hall–Kier alpha value is -1.59. The Morgan fingerprint density at radius 1 is 1.08 bits per heavy atom. The number of rotatable bonds is 5. The van der Waals surface area contributed by atoms with Crippen molar-refractivity contribution in [3.63, 3.8) is 0 Å². The van der Waals surface area contributed by atoms with E-state index in [2.05, 4.69) is 5.32 Å². The van der Waals surface area contributed by atoms with Gasteiger partial charge in [-0.2, -0.15) is 0 Å². The third kappa shape index (κ3) is 3.12. The van der Waals surface area contributed by atoms with E-state index in [0.717, 1.165) is 25.7 Å². The molecule has 5 rings (SSSR count). The van der Waals surface area contributed by atoms with Crippen molar-refractivity contribution >= 4 is 17.8 Å². The van der Waals surface area contributed by atoms with Crippen LogP contribution >= 0.6 is 0 Å². The summed E-state index contributed by atoms with van der Waals surface area (Å²) >= 11 is 0. The van der Waals surface area contributed by atoms with E-state index in [9.17, 15) is 14.4 Å². The Balaban J connectivity index is 1.42. The van der Waals surface area contributed by atoms with Crippen LogP contribution < -0.4 is 5.32 Å². The molecule has 26 heavy (non-hydrogen) atoms. The lowest BCUT2D eigenvalue weighted by Gasteiger charge is -2.56. The van der Waals surface area contributed by atoms with Crippen LogP contribution in [-0.2, 0) is 19.1 Å². The molecule has 0 aromatic rings. The van der Waals surface area contributed by atoms with Crippen molar-refractivity contribution in [3.8, 4) is 0 Å². The van der Waals surface area contributed by atoms with Crippen LogP contribution in [0.2, 0.25) is 0 Å². The highest BCUT2D eigenvalue weighted by molar-refractivity contribution is 5.92. The highest BCUT2D eigenvalue weighted by atomic mass is 16.5. The number of nitrogens with zero attached hydrogens (tertiary/aromatic N) is 1. The van der Waals surface area contributed by atoms with Gasteiger partial charge in [-0.3, -0.25) is 14.4 Å². The van der Waals surface area contributed by atoms with E-state index >= 15 is 0 Å². The summed E-state index contributed by atoms with van der Waals surface area (Å²) in [5, 5.41) is 2.66. The predicted octanol–water partition coefficient (Wildman–Crippen LogP) is 1.87. The molecule has 1 aliphatic heterocycles. The molecule has 0 aromatic heterocycles. The van der Waals surface area contributed by atoms with Crippen LogP contribution in [0.4, 0.5) is 0 Å². The maximum atomic E-state index is 13.5. The topological polar surface area (TPSA) is 75.7 Å². The summed E-state index contributed by atoms with van der Waals surface area (Å²) in [6.45, 7) is 2.58. The first-order valence-electron chi connectivity index (χ1n) is 10.2. The first-order chi connectivity index (χ1) is 12.5. The van der Waals surface area contributed by atoms with E-state index in [-0.39, 0.29) is 23.8 Å². The van der Waals surface area contributed by atoms with Crippen LogP contribution in [0, 0.1) is 23.2 Å². The van der Waals surface area contributed by atoms with Gasteiger partial charge in [0, 0.05) is 6.54 Å². The average Bonchev–Trinajstić information content (AvgIpc) is 3.07. The molecule has 1 N–H and O–H groups in total. The van der Waals surface area contributed by atoms with Crippen LogP contribution in [0.15, 0.2) is 0 Å². The van der Waals surface area contributed by atoms with Crippen molar-refractivity contribution in [2.24, 2.45) is 23.2 Å². The van der Waals surface area contributed by atoms with Gasteiger partial charge in [-0.05, 0) is 76.0 Å². The van der Waals surface area contributed by atoms with Crippen molar-refractivity contribution in [2.45, 2.75) is 64.3 Å². The summed E-state index contributed by atoms with van der Waals surface area (Å²) < 4.78 is 4.86. The summed E-state index contributed by atoms with van der Waals surface area (Å²) in [7, 11) is 0.